The Labute approximate surface area is 149 Å². The van der Waals surface area contributed by atoms with Gasteiger partial charge in [0, 0.05) is 4.75 Å². The highest BCUT2D eigenvalue weighted by atomic mass is 32.2. The van der Waals surface area contributed by atoms with Gasteiger partial charge >= 0.3 is 7.60 Å². The van der Waals surface area contributed by atoms with Crippen LogP contribution in [0.15, 0.2) is 30.3 Å². The summed E-state index contributed by atoms with van der Waals surface area (Å²) in [7, 11) is -4.50. The summed E-state index contributed by atoms with van der Waals surface area (Å²) in [4.78, 5) is 45.1. The van der Waals surface area contributed by atoms with Gasteiger partial charge in [0.2, 0.25) is 11.8 Å². The molecule has 2 amide bonds. The quantitative estimate of drug-likeness (QED) is 0.435. The maximum absolute atomic E-state index is 12.4. The van der Waals surface area contributed by atoms with E-state index in [0.29, 0.717) is 5.56 Å². The lowest BCUT2D eigenvalue weighted by Gasteiger charge is -2.44. The van der Waals surface area contributed by atoms with E-state index in [0.717, 1.165) is 0 Å². The second-order valence-corrected chi connectivity index (χ2v) is 10.1. The van der Waals surface area contributed by atoms with E-state index in [-0.39, 0.29) is 0 Å². The van der Waals surface area contributed by atoms with E-state index < -0.39 is 47.4 Å². The number of carbonyl (C=O) groups is 2. The minimum absolute atomic E-state index is 0.495. The lowest BCUT2D eigenvalue weighted by molar-refractivity contribution is -0.149. The summed E-state index contributed by atoms with van der Waals surface area (Å²) in [6.45, 7) is 3.36. The molecule has 0 radical (unpaired) electrons. The first kappa shape index (κ1) is 18.4. The van der Waals surface area contributed by atoms with Crippen LogP contribution in [0.1, 0.15) is 25.5 Å². The smallest absolute Gasteiger partial charge is 0.340 e. The third kappa shape index (κ3) is 3.11. The first-order valence-corrected chi connectivity index (χ1v) is 10.3. The first-order valence-electron chi connectivity index (χ1n) is 7.70. The van der Waals surface area contributed by atoms with Gasteiger partial charge in [0.1, 0.15) is 23.2 Å². The number of hydrogen-bond donors (Lipinski definition) is 4. The van der Waals surface area contributed by atoms with Crippen molar-refractivity contribution in [3.8, 4) is 0 Å². The monoisotopic (exact) mass is 385 g/mol. The molecular weight excluding hydrogens is 365 g/mol. The third-order valence-electron chi connectivity index (χ3n) is 4.45. The van der Waals surface area contributed by atoms with Crippen molar-refractivity contribution in [3.63, 3.8) is 0 Å². The molecule has 2 aliphatic heterocycles. The molecule has 0 spiro atoms. The van der Waals surface area contributed by atoms with Gasteiger partial charge in [0.25, 0.3) is 0 Å². The predicted molar refractivity (Wildman–Crippen MR) is 93.4 cm³/mol. The summed E-state index contributed by atoms with van der Waals surface area (Å²) in [5, 5.41) is 2.11. The molecular formula is C15H20N3O5PS. The van der Waals surface area contributed by atoms with Crippen LogP contribution in [0, 0.1) is 0 Å². The Morgan fingerprint density at radius 1 is 1.36 bits per heavy atom. The molecule has 2 fully saturated rings. The Bertz CT molecular complexity index is 753. The van der Waals surface area contributed by atoms with E-state index in [1.807, 2.05) is 0 Å². The normalized spacial score (nSPS) is 28.9. The molecule has 3 rings (SSSR count). The molecule has 3 unspecified atom stereocenters. The van der Waals surface area contributed by atoms with Crippen LogP contribution in [0.2, 0.25) is 0 Å². The maximum atomic E-state index is 12.4. The maximum Gasteiger partial charge on any atom is 0.349 e. The van der Waals surface area contributed by atoms with Gasteiger partial charge in [-0.25, -0.2) is 0 Å². The van der Waals surface area contributed by atoms with Crippen LogP contribution in [0.25, 0.3) is 0 Å². The van der Waals surface area contributed by atoms with Gasteiger partial charge in [0.15, 0.2) is 0 Å². The Hall–Kier alpha value is -1.38. The van der Waals surface area contributed by atoms with Crippen LogP contribution in [-0.4, -0.2) is 48.4 Å². The number of benzene rings is 1. The summed E-state index contributed by atoms with van der Waals surface area (Å²) >= 11 is 1.27. The van der Waals surface area contributed by atoms with E-state index in [9.17, 15) is 23.9 Å². The summed E-state index contributed by atoms with van der Waals surface area (Å²) < 4.78 is 11.0. The van der Waals surface area contributed by atoms with Crippen LogP contribution < -0.4 is 11.1 Å². The molecule has 0 aliphatic carbocycles. The van der Waals surface area contributed by atoms with Crippen LogP contribution in [0.3, 0.4) is 0 Å². The summed E-state index contributed by atoms with van der Waals surface area (Å²) in [5.41, 5.74) is 6.55. The highest BCUT2D eigenvalue weighted by Crippen LogP contribution is 2.62. The van der Waals surface area contributed by atoms with Gasteiger partial charge in [-0.05, 0) is 19.4 Å². The van der Waals surface area contributed by atoms with E-state index >= 15 is 0 Å². The highest BCUT2D eigenvalue weighted by molar-refractivity contribution is 8.02. The van der Waals surface area contributed by atoms with Gasteiger partial charge in [0.05, 0.1) is 0 Å². The zero-order valence-corrected chi connectivity index (χ0v) is 15.4. The second-order valence-electron chi connectivity index (χ2n) is 6.69. The number of carbonyl (C=O) groups excluding carboxylic acids is 2. The number of hydrogen-bond acceptors (Lipinski definition) is 5. The van der Waals surface area contributed by atoms with Gasteiger partial charge in [-0.15, -0.1) is 11.8 Å². The van der Waals surface area contributed by atoms with Crippen LogP contribution in [0.4, 0.5) is 0 Å². The standard InChI is InChI=1S/C15H20N3O5PS/c1-15(2)14(24(21,22)23)18-12(20)10(13(18)25-15)17-11(19)9(16)8-6-4-3-5-7-8/h3-7,9-10,13-14H,16H2,1-2H3,(H,17,19)(H2,21,22,23)/t9?,10?,13-,14?/m0/s1. The van der Waals surface area contributed by atoms with Crippen molar-refractivity contribution in [1.29, 1.82) is 0 Å². The summed E-state index contributed by atoms with van der Waals surface area (Å²) in [6.07, 6.45) is 0. The molecule has 4 atom stereocenters. The molecule has 5 N–H and O–H groups in total. The molecule has 1 aromatic carbocycles. The number of nitrogens with one attached hydrogen (secondary N) is 1. The molecule has 2 aliphatic rings. The molecule has 0 saturated carbocycles. The Balaban J connectivity index is 1.74. The minimum atomic E-state index is -4.50. The molecule has 25 heavy (non-hydrogen) atoms. The van der Waals surface area contributed by atoms with Gasteiger partial charge < -0.3 is 25.7 Å². The van der Waals surface area contributed by atoms with Gasteiger partial charge in [-0.3, -0.25) is 14.2 Å². The number of rotatable bonds is 4. The van der Waals surface area contributed by atoms with E-state index in [1.165, 1.54) is 16.7 Å². The van der Waals surface area contributed by atoms with Crippen LogP contribution >= 0.6 is 19.4 Å². The molecule has 0 aromatic heterocycles. The number of amides is 2. The lowest BCUT2D eigenvalue weighted by atomic mass is 10.0. The number of β-lactam (4-membered cyclic amide) rings is 1. The first-order chi connectivity index (χ1) is 11.5. The fourth-order valence-electron chi connectivity index (χ4n) is 3.33. The molecule has 2 saturated heterocycles. The van der Waals surface area contributed by atoms with Crippen molar-refractivity contribution in [2.24, 2.45) is 5.73 Å². The third-order valence-corrected chi connectivity index (χ3v) is 7.72. The van der Waals surface area contributed by atoms with Crippen molar-refractivity contribution >= 4 is 31.2 Å². The van der Waals surface area contributed by atoms with Crippen LogP contribution in [0.5, 0.6) is 0 Å². The van der Waals surface area contributed by atoms with Crippen molar-refractivity contribution < 1.29 is 23.9 Å². The SMILES string of the molecule is CC1(C)S[C@H]2C(NC(=O)C(N)c3ccccc3)C(=O)N2C1P(=O)(O)O. The highest BCUT2D eigenvalue weighted by Gasteiger charge is 2.66. The molecule has 0 bridgehead atoms. The zero-order valence-electron chi connectivity index (χ0n) is 13.7. The van der Waals surface area contributed by atoms with E-state index in [2.05, 4.69) is 5.32 Å². The van der Waals surface area contributed by atoms with E-state index in [1.54, 1.807) is 44.2 Å². The lowest BCUT2D eigenvalue weighted by Crippen LogP contribution is -2.69. The average Bonchev–Trinajstić information content (AvgIpc) is 2.80. The zero-order chi connectivity index (χ0) is 18.6. The predicted octanol–water partition coefficient (Wildman–Crippen LogP) is 0.369. The Morgan fingerprint density at radius 2 is 1.96 bits per heavy atom. The Kier molecular flexibility index (Phi) is 4.50. The van der Waals surface area contributed by atoms with Crippen molar-refractivity contribution in [2.45, 2.75) is 41.8 Å². The summed E-state index contributed by atoms with van der Waals surface area (Å²) in [5.74, 6) is -2.19. The summed E-state index contributed by atoms with van der Waals surface area (Å²) in [6, 6.07) is 7.02. The van der Waals surface area contributed by atoms with Crippen molar-refractivity contribution in [2.75, 3.05) is 0 Å². The number of nitrogens with zero attached hydrogens (tertiary/aromatic N) is 1. The fourth-order valence-corrected chi connectivity index (χ4v) is 6.93. The topological polar surface area (TPSA) is 133 Å². The van der Waals surface area contributed by atoms with Crippen molar-refractivity contribution in [1.82, 2.24) is 10.2 Å². The second kappa shape index (κ2) is 6.10. The number of thioether (sulfide) groups is 1. The molecule has 2 heterocycles. The molecule has 8 nitrogen and oxygen atoms in total. The van der Waals surface area contributed by atoms with Gasteiger partial charge in [-0.2, -0.15) is 0 Å². The number of fused-ring (bicyclic) bond motifs is 1. The molecule has 136 valence electrons. The average molecular weight is 385 g/mol. The molecule has 10 heteroatoms. The fraction of sp³-hybridized carbons (Fsp3) is 0.467. The van der Waals surface area contributed by atoms with Crippen LogP contribution in [-0.2, 0) is 14.2 Å². The largest absolute Gasteiger partial charge is 0.349 e. The minimum Gasteiger partial charge on any atom is -0.340 e. The van der Waals surface area contributed by atoms with Gasteiger partial charge in [-0.1, -0.05) is 30.3 Å². The number of nitrogens with two attached hydrogens (primary N) is 1. The molecule has 1 aromatic rings. The van der Waals surface area contributed by atoms with E-state index in [4.69, 9.17) is 5.73 Å². The Morgan fingerprint density at radius 3 is 2.52 bits per heavy atom. The van der Waals surface area contributed by atoms with Crippen molar-refractivity contribution in [3.05, 3.63) is 35.9 Å².